The summed E-state index contributed by atoms with van der Waals surface area (Å²) in [5.41, 5.74) is 0. The summed E-state index contributed by atoms with van der Waals surface area (Å²) in [5.74, 6) is 0.827. The molecule has 0 aromatic heterocycles. The quantitative estimate of drug-likeness (QED) is 0.503. The lowest BCUT2D eigenvalue weighted by molar-refractivity contribution is 0.295. The maximum atomic E-state index is 7.88. The number of unbranched alkanes of at least 4 members (excludes halogenated alkanes) is 2. The summed E-state index contributed by atoms with van der Waals surface area (Å²) in [6, 6.07) is 0. The number of aliphatic hydroxyl groups excluding tert-OH is 1. The average molecular weight is 167 g/mol. The Morgan fingerprint density at radius 1 is 1.10 bits per heavy atom. The van der Waals surface area contributed by atoms with Crippen LogP contribution in [0.3, 0.4) is 0 Å². The molecular formula is C8H19ClO. The SMILES string of the molecule is CCCCCCl.CCCO. The van der Waals surface area contributed by atoms with Crippen LogP contribution in [-0.2, 0) is 0 Å². The number of alkyl halides is 1. The molecule has 0 saturated carbocycles. The Labute approximate surface area is 69.4 Å². The van der Waals surface area contributed by atoms with E-state index in [2.05, 4.69) is 6.92 Å². The summed E-state index contributed by atoms with van der Waals surface area (Å²) in [7, 11) is 0. The summed E-state index contributed by atoms with van der Waals surface area (Å²) in [6.07, 6.45) is 4.61. The van der Waals surface area contributed by atoms with Crippen LogP contribution < -0.4 is 0 Å². The lowest BCUT2D eigenvalue weighted by Gasteiger charge is -1.84. The van der Waals surface area contributed by atoms with E-state index in [0.717, 1.165) is 12.3 Å². The highest BCUT2D eigenvalue weighted by atomic mass is 35.5. The third-order valence-corrected chi connectivity index (χ3v) is 1.23. The topological polar surface area (TPSA) is 20.2 Å². The van der Waals surface area contributed by atoms with Gasteiger partial charge in [0.25, 0.3) is 0 Å². The minimum absolute atomic E-state index is 0.319. The zero-order chi connectivity index (χ0) is 8.24. The molecule has 1 N–H and O–H groups in total. The molecular weight excluding hydrogens is 148 g/mol. The Hall–Kier alpha value is 0.250. The second-order valence-corrected chi connectivity index (χ2v) is 2.50. The molecule has 0 saturated heterocycles. The van der Waals surface area contributed by atoms with Gasteiger partial charge in [-0.15, -0.1) is 11.6 Å². The Bertz CT molecular complexity index is 34.2. The van der Waals surface area contributed by atoms with E-state index in [1.165, 1.54) is 19.3 Å². The van der Waals surface area contributed by atoms with Crippen LogP contribution in [-0.4, -0.2) is 17.6 Å². The van der Waals surface area contributed by atoms with Crippen LogP contribution in [0.1, 0.15) is 39.5 Å². The number of rotatable bonds is 4. The van der Waals surface area contributed by atoms with Gasteiger partial charge < -0.3 is 5.11 Å². The summed E-state index contributed by atoms with van der Waals surface area (Å²) >= 11 is 5.38. The van der Waals surface area contributed by atoms with Crippen molar-refractivity contribution in [1.82, 2.24) is 0 Å². The van der Waals surface area contributed by atoms with Crippen molar-refractivity contribution in [2.75, 3.05) is 12.5 Å². The van der Waals surface area contributed by atoms with Gasteiger partial charge in [0, 0.05) is 12.5 Å². The number of hydrogen-bond donors (Lipinski definition) is 1. The normalized spacial score (nSPS) is 8.40. The first-order chi connectivity index (χ1) is 4.83. The Kier molecular flexibility index (Phi) is 20.8. The first-order valence-electron chi connectivity index (χ1n) is 4.00. The second-order valence-electron chi connectivity index (χ2n) is 2.12. The van der Waals surface area contributed by atoms with Crippen molar-refractivity contribution in [3.05, 3.63) is 0 Å². The van der Waals surface area contributed by atoms with Crippen LogP contribution in [0, 0.1) is 0 Å². The predicted octanol–water partition coefficient (Wildman–Crippen LogP) is 2.80. The van der Waals surface area contributed by atoms with E-state index in [0.29, 0.717) is 6.61 Å². The van der Waals surface area contributed by atoms with Gasteiger partial charge in [0.1, 0.15) is 0 Å². The zero-order valence-corrected chi connectivity index (χ0v) is 7.82. The molecule has 0 heterocycles. The van der Waals surface area contributed by atoms with Crippen LogP contribution in [0.4, 0.5) is 0 Å². The van der Waals surface area contributed by atoms with E-state index in [1.54, 1.807) is 0 Å². The molecule has 0 fully saturated rings. The maximum absolute atomic E-state index is 7.88. The van der Waals surface area contributed by atoms with Crippen molar-refractivity contribution in [1.29, 1.82) is 0 Å². The number of hydrogen-bond acceptors (Lipinski definition) is 1. The maximum Gasteiger partial charge on any atom is 0.0428 e. The Balaban J connectivity index is 0. The van der Waals surface area contributed by atoms with Gasteiger partial charge in [0.05, 0.1) is 0 Å². The molecule has 0 aromatic rings. The van der Waals surface area contributed by atoms with Gasteiger partial charge in [-0.25, -0.2) is 0 Å². The molecule has 0 aliphatic rings. The fraction of sp³-hybridized carbons (Fsp3) is 1.00. The molecule has 0 amide bonds. The molecule has 0 atom stereocenters. The summed E-state index contributed by atoms with van der Waals surface area (Å²) in [4.78, 5) is 0. The standard InChI is InChI=1S/C5H11Cl.C3H8O/c1-2-3-4-5-6;1-2-3-4/h2-5H2,1H3;4H,2-3H2,1H3. The first-order valence-corrected chi connectivity index (χ1v) is 4.53. The van der Waals surface area contributed by atoms with Crippen molar-refractivity contribution in [2.45, 2.75) is 39.5 Å². The number of aliphatic hydroxyl groups is 1. The Morgan fingerprint density at radius 3 is 1.70 bits per heavy atom. The molecule has 2 heteroatoms. The fourth-order valence-corrected chi connectivity index (χ4v) is 0.533. The first kappa shape index (κ1) is 12.9. The van der Waals surface area contributed by atoms with Crippen LogP contribution >= 0.6 is 11.6 Å². The lowest BCUT2D eigenvalue weighted by atomic mass is 10.3. The van der Waals surface area contributed by atoms with E-state index < -0.39 is 0 Å². The molecule has 10 heavy (non-hydrogen) atoms. The van der Waals surface area contributed by atoms with Crippen molar-refractivity contribution < 1.29 is 5.11 Å². The summed E-state index contributed by atoms with van der Waals surface area (Å²) < 4.78 is 0. The van der Waals surface area contributed by atoms with E-state index in [1.807, 2.05) is 6.92 Å². The van der Waals surface area contributed by atoms with Crippen LogP contribution in [0.15, 0.2) is 0 Å². The van der Waals surface area contributed by atoms with Crippen LogP contribution in [0.2, 0.25) is 0 Å². The summed E-state index contributed by atoms with van der Waals surface area (Å²) in [6.45, 7) is 4.42. The minimum atomic E-state index is 0.319. The van der Waals surface area contributed by atoms with Gasteiger partial charge in [0.15, 0.2) is 0 Å². The lowest BCUT2D eigenvalue weighted by Crippen LogP contribution is -1.70. The largest absolute Gasteiger partial charge is 0.396 e. The van der Waals surface area contributed by atoms with E-state index in [9.17, 15) is 0 Å². The van der Waals surface area contributed by atoms with Gasteiger partial charge in [0.2, 0.25) is 0 Å². The molecule has 0 rings (SSSR count). The van der Waals surface area contributed by atoms with Crippen molar-refractivity contribution in [2.24, 2.45) is 0 Å². The Morgan fingerprint density at radius 2 is 1.60 bits per heavy atom. The average Bonchev–Trinajstić information content (AvgIpc) is 2.01. The highest BCUT2D eigenvalue weighted by molar-refractivity contribution is 6.17. The van der Waals surface area contributed by atoms with Crippen molar-refractivity contribution in [3.8, 4) is 0 Å². The van der Waals surface area contributed by atoms with Crippen LogP contribution in [0.25, 0.3) is 0 Å². The zero-order valence-electron chi connectivity index (χ0n) is 7.07. The molecule has 64 valence electrons. The highest BCUT2D eigenvalue weighted by Crippen LogP contribution is 1.93. The summed E-state index contributed by atoms with van der Waals surface area (Å²) in [5, 5.41) is 7.88. The third-order valence-electron chi connectivity index (χ3n) is 0.961. The number of halogens is 1. The predicted molar refractivity (Wildman–Crippen MR) is 47.6 cm³/mol. The highest BCUT2D eigenvalue weighted by Gasteiger charge is 1.76. The molecule has 0 spiro atoms. The van der Waals surface area contributed by atoms with Gasteiger partial charge in [-0.3, -0.25) is 0 Å². The molecule has 0 radical (unpaired) electrons. The van der Waals surface area contributed by atoms with Crippen molar-refractivity contribution in [3.63, 3.8) is 0 Å². The molecule has 1 nitrogen and oxygen atoms in total. The van der Waals surface area contributed by atoms with Crippen molar-refractivity contribution >= 4 is 11.6 Å². The molecule has 0 bridgehead atoms. The van der Waals surface area contributed by atoms with Gasteiger partial charge in [-0.2, -0.15) is 0 Å². The van der Waals surface area contributed by atoms with Gasteiger partial charge in [-0.05, 0) is 12.8 Å². The van der Waals surface area contributed by atoms with Gasteiger partial charge >= 0.3 is 0 Å². The fourth-order valence-electron chi connectivity index (χ4n) is 0.344. The van der Waals surface area contributed by atoms with E-state index >= 15 is 0 Å². The van der Waals surface area contributed by atoms with E-state index in [4.69, 9.17) is 16.7 Å². The smallest absolute Gasteiger partial charge is 0.0428 e. The van der Waals surface area contributed by atoms with E-state index in [-0.39, 0.29) is 0 Å². The second kappa shape index (κ2) is 16.1. The minimum Gasteiger partial charge on any atom is -0.396 e. The molecule has 0 aromatic carbocycles. The monoisotopic (exact) mass is 166 g/mol. The third kappa shape index (κ3) is 24.0. The van der Waals surface area contributed by atoms with Crippen LogP contribution in [0.5, 0.6) is 0 Å². The molecule has 0 unspecified atom stereocenters. The molecule has 0 aliphatic heterocycles. The molecule has 0 aliphatic carbocycles. The van der Waals surface area contributed by atoms with Gasteiger partial charge in [-0.1, -0.05) is 26.7 Å².